The second kappa shape index (κ2) is 7.25. The van der Waals surface area contributed by atoms with E-state index >= 15 is 0 Å². The third-order valence-electron chi connectivity index (χ3n) is 4.01. The molecule has 0 aliphatic carbocycles. The zero-order chi connectivity index (χ0) is 18.8. The summed E-state index contributed by atoms with van der Waals surface area (Å²) in [5.41, 5.74) is 4.48. The van der Waals surface area contributed by atoms with Crippen LogP contribution in [0.3, 0.4) is 0 Å². The van der Waals surface area contributed by atoms with Gasteiger partial charge in [-0.15, -0.1) is 0 Å². The highest BCUT2D eigenvalue weighted by atomic mass is 32.2. The summed E-state index contributed by atoms with van der Waals surface area (Å²) in [6.45, 7) is 6.33. The fourth-order valence-electron chi connectivity index (χ4n) is 2.79. The molecule has 0 aliphatic heterocycles. The third-order valence-corrected chi connectivity index (χ3v) is 4.92. The Bertz CT molecular complexity index is 898. The lowest BCUT2D eigenvalue weighted by molar-refractivity contribution is 0.0947. The van der Waals surface area contributed by atoms with Crippen LogP contribution in [0.25, 0.3) is 0 Å². The quantitative estimate of drug-likeness (QED) is 0.852. The number of hydrogen-bond donors (Lipinski definition) is 2. The van der Waals surface area contributed by atoms with E-state index in [-0.39, 0.29) is 16.2 Å². The molecular weight excluding hydrogens is 340 g/mol. The number of carbonyl (C=O) groups excluding carboxylic acids is 1. The minimum absolute atomic E-state index is 0.122. The van der Waals surface area contributed by atoms with Gasteiger partial charge in [-0.05, 0) is 55.7 Å². The standard InChI is InChI=1S/C18H22N2O4S/c1-11-7-12(2)16(13(3)8-11)10-20-18(21)15-9-14(25(19,22)23)5-6-17(15)24-4/h5-9H,10H2,1-4H3,(H,20,21)(H2,19,22,23). The van der Waals surface area contributed by atoms with Crippen LogP contribution < -0.4 is 15.2 Å². The number of ether oxygens (including phenoxy) is 1. The van der Waals surface area contributed by atoms with E-state index in [9.17, 15) is 13.2 Å². The van der Waals surface area contributed by atoms with Crippen molar-refractivity contribution in [3.8, 4) is 5.75 Å². The number of carbonyl (C=O) groups is 1. The van der Waals surface area contributed by atoms with Gasteiger partial charge in [-0.3, -0.25) is 4.79 Å². The van der Waals surface area contributed by atoms with Crippen molar-refractivity contribution in [3.05, 3.63) is 58.1 Å². The van der Waals surface area contributed by atoms with Gasteiger partial charge in [0.2, 0.25) is 10.0 Å². The second-order valence-corrected chi connectivity index (χ2v) is 7.53. The first-order valence-electron chi connectivity index (χ1n) is 7.69. The lowest BCUT2D eigenvalue weighted by atomic mass is 10.00. The Hall–Kier alpha value is -2.38. The van der Waals surface area contributed by atoms with Crippen LogP contribution in [0.4, 0.5) is 0 Å². The molecule has 1 amide bonds. The Balaban J connectivity index is 2.30. The van der Waals surface area contributed by atoms with Crippen molar-refractivity contribution in [1.82, 2.24) is 5.32 Å². The van der Waals surface area contributed by atoms with Crippen molar-refractivity contribution in [2.45, 2.75) is 32.2 Å². The van der Waals surface area contributed by atoms with Gasteiger partial charge in [-0.2, -0.15) is 0 Å². The molecule has 0 radical (unpaired) electrons. The van der Waals surface area contributed by atoms with E-state index < -0.39 is 15.9 Å². The molecule has 3 N–H and O–H groups in total. The predicted molar refractivity (Wildman–Crippen MR) is 96.2 cm³/mol. The van der Waals surface area contributed by atoms with E-state index in [1.54, 1.807) is 0 Å². The average molecular weight is 362 g/mol. The van der Waals surface area contributed by atoms with Gasteiger partial charge in [0, 0.05) is 6.54 Å². The first kappa shape index (κ1) is 19.0. The number of nitrogens with two attached hydrogens (primary N) is 1. The Morgan fingerprint density at radius 3 is 2.24 bits per heavy atom. The van der Waals surface area contributed by atoms with Crippen LogP contribution in [-0.4, -0.2) is 21.4 Å². The predicted octanol–water partition coefficient (Wildman–Crippen LogP) is 2.20. The Morgan fingerprint density at radius 1 is 1.12 bits per heavy atom. The minimum Gasteiger partial charge on any atom is -0.496 e. The highest BCUT2D eigenvalue weighted by Gasteiger charge is 2.17. The monoisotopic (exact) mass is 362 g/mol. The van der Waals surface area contributed by atoms with E-state index in [2.05, 4.69) is 17.4 Å². The summed E-state index contributed by atoms with van der Waals surface area (Å²) in [6.07, 6.45) is 0. The normalized spacial score (nSPS) is 11.2. The number of methoxy groups -OCH3 is 1. The van der Waals surface area contributed by atoms with Crippen LogP contribution in [0.5, 0.6) is 5.75 Å². The summed E-state index contributed by atoms with van der Waals surface area (Å²) in [7, 11) is -2.49. The number of hydrogen-bond acceptors (Lipinski definition) is 4. The molecule has 0 atom stereocenters. The Kier molecular flexibility index (Phi) is 5.49. The van der Waals surface area contributed by atoms with Gasteiger partial charge in [-0.25, -0.2) is 13.6 Å². The van der Waals surface area contributed by atoms with Crippen LogP contribution in [-0.2, 0) is 16.6 Å². The molecular formula is C18H22N2O4S. The maximum absolute atomic E-state index is 12.5. The maximum atomic E-state index is 12.5. The molecule has 6 nitrogen and oxygen atoms in total. The summed E-state index contributed by atoms with van der Waals surface area (Å²) >= 11 is 0. The van der Waals surface area contributed by atoms with E-state index in [0.29, 0.717) is 6.54 Å². The molecule has 2 aromatic rings. The number of rotatable bonds is 5. The molecule has 0 heterocycles. The molecule has 0 aromatic heterocycles. The van der Waals surface area contributed by atoms with Crippen molar-refractivity contribution in [3.63, 3.8) is 0 Å². The zero-order valence-electron chi connectivity index (χ0n) is 14.7. The van der Waals surface area contributed by atoms with Gasteiger partial charge < -0.3 is 10.1 Å². The molecule has 25 heavy (non-hydrogen) atoms. The van der Waals surface area contributed by atoms with Gasteiger partial charge in [0.25, 0.3) is 5.91 Å². The van der Waals surface area contributed by atoms with Crippen LogP contribution in [0.1, 0.15) is 32.6 Å². The lowest BCUT2D eigenvalue weighted by Crippen LogP contribution is -2.25. The number of aryl methyl sites for hydroxylation is 3. The first-order valence-corrected chi connectivity index (χ1v) is 9.24. The first-order chi connectivity index (χ1) is 11.6. The topological polar surface area (TPSA) is 98.5 Å². The van der Waals surface area contributed by atoms with Crippen LogP contribution in [0, 0.1) is 20.8 Å². The van der Waals surface area contributed by atoms with Gasteiger partial charge in [0.15, 0.2) is 0 Å². The van der Waals surface area contributed by atoms with E-state index in [1.165, 1.54) is 25.3 Å². The van der Waals surface area contributed by atoms with Gasteiger partial charge >= 0.3 is 0 Å². The average Bonchev–Trinajstić information content (AvgIpc) is 2.52. The number of primary sulfonamides is 1. The largest absolute Gasteiger partial charge is 0.496 e. The van der Waals surface area contributed by atoms with Crippen molar-refractivity contribution in [2.24, 2.45) is 5.14 Å². The fourth-order valence-corrected chi connectivity index (χ4v) is 3.33. The van der Waals surface area contributed by atoms with Crippen LogP contribution in [0.15, 0.2) is 35.2 Å². The minimum atomic E-state index is -3.90. The van der Waals surface area contributed by atoms with Gasteiger partial charge in [0.05, 0.1) is 17.6 Å². The van der Waals surface area contributed by atoms with Crippen molar-refractivity contribution in [2.75, 3.05) is 7.11 Å². The van der Waals surface area contributed by atoms with Crippen molar-refractivity contribution < 1.29 is 17.9 Å². The van der Waals surface area contributed by atoms with Crippen LogP contribution in [0.2, 0.25) is 0 Å². The summed E-state index contributed by atoms with van der Waals surface area (Å²) in [6, 6.07) is 8.04. The maximum Gasteiger partial charge on any atom is 0.255 e. The zero-order valence-corrected chi connectivity index (χ0v) is 15.5. The fraction of sp³-hybridized carbons (Fsp3) is 0.278. The SMILES string of the molecule is COc1ccc(S(N)(=O)=O)cc1C(=O)NCc1c(C)cc(C)cc1C. The summed E-state index contributed by atoms with van der Waals surface area (Å²) in [4.78, 5) is 12.4. The molecule has 134 valence electrons. The molecule has 0 fully saturated rings. The third kappa shape index (κ3) is 4.37. The lowest BCUT2D eigenvalue weighted by Gasteiger charge is -2.14. The Morgan fingerprint density at radius 2 is 1.72 bits per heavy atom. The highest BCUT2D eigenvalue weighted by Crippen LogP contribution is 2.22. The summed E-state index contributed by atoms with van der Waals surface area (Å²) in [5, 5.41) is 7.95. The number of amides is 1. The highest BCUT2D eigenvalue weighted by molar-refractivity contribution is 7.89. The molecule has 7 heteroatoms. The molecule has 0 aliphatic rings. The second-order valence-electron chi connectivity index (χ2n) is 5.97. The smallest absolute Gasteiger partial charge is 0.255 e. The summed E-state index contributed by atoms with van der Waals surface area (Å²) in [5.74, 6) is -0.149. The number of benzene rings is 2. The molecule has 2 rings (SSSR count). The summed E-state index contributed by atoms with van der Waals surface area (Å²) < 4.78 is 28.2. The molecule has 0 unspecified atom stereocenters. The van der Waals surface area contributed by atoms with Crippen LogP contribution >= 0.6 is 0 Å². The molecule has 0 spiro atoms. The number of nitrogens with one attached hydrogen (secondary N) is 1. The van der Waals surface area contributed by atoms with E-state index in [4.69, 9.17) is 9.88 Å². The molecule has 0 saturated heterocycles. The van der Waals surface area contributed by atoms with E-state index in [0.717, 1.165) is 22.3 Å². The van der Waals surface area contributed by atoms with Gasteiger partial charge in [0.1, 0.15) is 5.75 Å². The molecule has 0 saturated carbocycles. The van der Waals surface area contributed by atoms with E-state index in [1.807, 2.05) is 20.8 Å². The van der Waals surface area contributed by atoms with Crippen molar-refractivity contribution in [1.29, 1.82) is 0 Å². The molecule has 0 bridgehead atoms. The number of sulfonamides is 1. The van der Waals surface area contributed by atoms with Crippen molar-refractivity contribution >= 4 is 15.9 Å². The van der Waals surface area contributed by atoms with Gasteiger partial charge in [-0.1, -0.05) is 17.7 Å². The molecule has 2 aromatic carbocycles. The Labute approximate surface area is 148 Å².